The topological polar surface area (TPSA) is 61.2 Å². The van der Waals surface area contributed by atoms with E-state index in [0.29, 0.717) is 29.0 Å². The van der Waals surface area contributed by atoms with Gasteiger partial charge in [0, 0.05) is 34.9 Å². The van der Waals surface area contributed by atoms with Crippen molar-refractivity contribution in [3.8, 4) is 6.07 Å². The summed E-state index contributed by atoms with van der Waals surface area (Å²) in [4.78, 5) is 30.0. The molecule has 5 rings (SSSR count). The average Bonchev–Trinajstić information content (AvgIpc) is 2.92. The average molecular weight is 463 g/mol. The van der Waals surface area contributed by atoms with Crippen molar-refractivity contribution < 1.29 is 14.0 Å². The summed E-state index contributed by atoms with van der Waals surface area (Å²) >= 11 is 1.55. The standard InChI is InChI=1S/C27H27FN2O2S/c1-27(2)13-21-25(22(31)14-27)19(16-8-10-17(28)11-9-16)12-24(32)30(21)26-20(15-29)18-6-4-3-5-7-23(18)33-26/h8-11,19H,3-7,12-14H2,1-2H3. The highest BCUT2D eigenvalue weighted by Gasteiger charge is 2.45. The number of Topliss-reactive ketones (excluding diaryl/α,β-unsaturated/α-hetero) is 1. The Balaban J connectivity index is 1.69. The lowest BCUT2D eigenvalue weighted by Gasteiger charge is -2.42. The molecule has 1 amide bonds. The van der Waals surface area contributed by atoms with Crippen LogP contribution in [0, 0.1) is 22.6 Å². The van der Waals surface area contributed by atoms with Gasteiger partial charge in [0.15, 0.2) is 5.78 Å². The van der Waals surface area contributed by atoms with E-state index in [1.54, 1.807) is 28.4 Å². The first-order valence-electron chi connectivity index (χ1n) is 11.7. The van der Waals surface area contributed by atoms with Gasteiger partial charge in [-0.05, 0) is 60.8 Å². The molecule has 3 aliphatic rings. The first-order chi connectivity index (χ1) is 15.8. The third-order valence-electron chi connectivity index (χ3n) is 7.13. The zero-order chi connectivity index (χ0) is 23.3. The van der Waals surface area contributed by atoms with E-state index in [1.807, 2.05) is 13.8 Å². The lowest BCUT2D eigenvalue weighted by atomic mass is 9.69. The molecule has 4 nitrogen and oxygen atoms in total. The number of halogens is 1. The van der Waals surface area contributed by atoms with Gasteiger partial charge in [0.2, 0.25) is 5.91 Å². The third-order valence-corrected chi connectivity index (χ3v) is 8.41. The molecule has 1 aromatic heterocycles. The molecule has 0 saturated carbocycles. The molecule has 1 aliphatic heterocycles. The molecule has 33 heavy (non-hydrogen) atoms. The molecule has 0 fully saturated rings. The van der Waals surface area contributed by atoms with Gasteiger partial charge >= 0.3 is 0 Å². The fraction of sp³-hybridized carbons (Fsp3) is 0.444. The van der Waals surface area contributed by atoms with Crippen LogP contribution in [0.2, 0.25) is 0 Å². The Morgan fingerprint density at radius 3 is 2.55 bits per heavy atom. The van der Waals surface area contributed by atoms with Gasteiger partial charge in [-0.1, -0.05) is 32.4 Å². The monoisotopic (exact) mass is 462 g/mol. The number of carbonyl (C=O) groups is 2. The Morgan fingerprint density at radius 1 is 1.09 bits per heavy atom. The zero-order valence-corrected chi connectivity index (χ0v) is 19.9. The number of anilines is 1. The number of carbonyl (C=O) groups excluding carboxylic acids is 2. The zero-order valence-electron chi connectivity index (χ0n) is 19.0. The van der Waals surface area contributed by atoms with Crippen molar-refractivity contribution >= 4 is 28.0 Å². The van der Waals surface area contributed by atoms with Gasteiger partial charge < -0.3 is 0 Å². The lowest BCUT2D eigenvalue weighted by molar-refractivity contribution is -0.120. The van der Waals surface area contributed by atoms with Crippen molar-refractivity contribution in [1.29, 1.82) is 5.26 Å². The first-order valence-corrected chi connectivity index (χ1v) is 12.5. The Morgan fingerprint density at radius 2 is 1.82 bits per heavy atom. The first kappa shape index (κ1) is 22.0. The number of hydrogen-bond acceptors (Lipinski definition) is 4. The molecule has 1 atom stereocenters. The van der Waals surface area contributed by atoms with E-state index in [0.717, 1.165) is 48.9 Å². The van der Waals surface area contributed by atoms with Crippen LogP contribution in [0.15, 0.2) is 35.5 Å². The molecular formula is C27H27FN2O2S. The van der Waals surface area contributed by atoms with E-state index in [-0.39, 0.29) is 35.3 Å². The normalized spacial score (nSPS) is 22.5. The van der Waals surface area contributed by atoms with E-state index >= 15 is 0 Å². The minimum Gasteiger partial charge on any atom is -0.294 e. The summed E-state index contributed by atoms with van der Waals surface area (Å²) in [6.07, 6.45) is 6.25. The van der Waals surface area contributed by atoms with Crippen LogP contribution in [-0.4, -0.2) is 11.7 Å². The number of thiophene rings is 1. The summed E-state index contributed by atoms with van der Waals surface area (Å²) in [6.45, 7) is 4.10. The van der Waals surface area contributed by atoms with Crippen LogP contribution in [0.4, 0.5) is 9.39 Å². The number of fused-ring (bicyclic) bond motifs is 1. The molecule has 1 unspecified atom stereocenters. The van der Waals surface area contributed by atoms with Crippen LogP contribution in [0.3, 0.4) is 0 Å². The fourth-order valence-corrected chi connectivity index (χ4v) is 7.01. The van der Waals surface area contributed by atoms with Crippen LogP contribution in [0.5, 0.6) is 0 Å². The second-order valence-electron chi connectivity index (χ2n) is 10.2. The maximum absolute atomic E-state index is 13.7. The second-order valence-corrected chi connectivity index (χ2v) is 11.3. The third kappa shape index (κ3) is 3.83. The highest BCUT2D eigenvalue weighted by molar-refractivity contribution is 7.16. The molecule has 0 radical (unpaired) electrons. The SMILES string of the molecule is CC1(C)CC(=O)C2=C(C1)N(c1sc3c(c1C#N)CCCCC3)C(=O)CC2c1ccc(F)cc1. The van der Waals surface area contributed by atoms with Gasteiger partial charge in [0.25, 0.3) is 0 Å². The number of nitrogens with zero attached hydrogens (tertiary/aromatic N) is 2. The van der Waals surface area contributed by atoms with E-state index in [9.17, 15) is 19.2 Å². The Kier molecular flexibility index (Phi) is 5.49. The van der Waals surface area contributed by atoms with Gasteiger partial charge in [-0.25, -0.2) is 4.39 Å². The number of aryl methyl sites for hydroxylation is 1. The molecular weight excluding hydrogens is 435 g/mol. The molecule has 0 N–H and O–H groups in total. The molecule has 0 saturated heterocycles. The molecule has 0 bridgehead atoms. The number of allylic oxidation sites excluding steroid dienone is 2. The molecule has 1 aromatic carbocycles. The van der Waals surface area contributed by atoms with Crippen molar-refractivity contribution in [2.45, 2.75) is 71.1 Å². The van der Waals surface area contributed by atoms with E-state index in [1.165, 1.54) is 17.0 Å². The summed E-state index contributed by atoms with van der Waals surface area (Å²) in [5.74, 6) is -0.769. The Labute approximate surface area is 197 Å². The number of ketones is 1. The number of amides is 1. The predicted molar refractivity (Wildman–Crippen MR) is 127 cm³/mol. The second kappa shape index (κ2) is 8.22. The van der Waals surface area contributed by atoms with Gasteiger partial charge in [0.1, 0.15) is 16.9 Å². The summed E-state index contributed by atoms with van der Waals surface area (Å²) in [7, 11) is 0. The summed E-state index contributed by atoms with van der Waals surface area (Å²) in [5.41, 5.74) is 3.59. The van der Waals surface area contributed by atoms with Crippen molar-refractivity contribution in [1.82, 2.24) is 0 Å². The molecule has 170 valence electrons. The molecule has 2 heterocycles. The molecule has 2 aliphatic carbocycles. The predicted octanol–water partition coefficient (Wildman–Crippen LogP) is 6.19. The maximum atomic E-state index is 13.7. The summed E-state index contributed by atoms with van der Waals surface area (Å²) < 4.78 is 13.6. The van der Waals surface area contributed by atoms with E-state index < -0.39 is 0 Å². The lowest BCUT2D eigenvalue weighted by Crippen LogP contribution is -2.43. The largest absolute Gasteiger partial charge is 0.294 e. The van der Waals surface area contributed by atoms with Crippen LogP contribution in [-0.2, 0) is 22.4 Å². The number of benzene rings is 1. The van der Waals surface area contributed by atoms with E-state index in [2.05, 4.69) is 6.07 Å². The van der Waals surface area contributed by atoms with Gasteiger partial charge in [-0.15, -0.1) is 11.3 Å². The van der Waals surface area contributed by atoms with Crippen LogP contribution < -0.4 is 4.90 Å². The van der Waals surface area contributed by atoms with Gasteiger partial charge in [-0.2, -0.15) is 5.26 Å². The number of nitriles is 1. The maximum Gasteiger partial charge on any atom is 0.232 e. The molecule has 2 aromatic rings. The van der Waals surface area contributed by atoms with Crippen LogP contribution in [0.1, 0.15) is 79.9 Å². The molecule has 6 heteroatoms. The van der Waals surface area contributed by atoms with Crippen molar-refractivity contribution in [3.05, 3.63) is 62.9 Å². The van der Waals surface area contributed by atoms with Gasteiger partial charge in [0.05, 0.1) is 5.56 Å². The number of hydrogen-bond donors (Lipinski definition) is 0. The van der Waals surface area contributed by atoms with Crippen molar-refractivity contribution in [2.75, 3.05) is 4.90 Å². The van der Waals surface area contributed by atoms with E-state index in [4.69, 9.17) is 0 Å². The smallest absolute Gasteiger partial charge is 0.232 e. The molecule has 0 spiro atoms. The van der Waals surface area contributed by atoms with Crippen LogP contribution >= 0.6 is 11.3 Å². The highest BCUT2D eigenvalue weighted by Crippen LogP contribution is 2.51. The van der Waals surface area contributed by atoms with Gasteiger partial charge in [-0.3, -0.25) is 14.5 Å². The van der Waals surface area contributed by atoms with Crippen molar-refractivity contribution in [2.24, 2.45) is 5.41 Å². The highest BCUT2D eigenvalue weighted by atomic mass is 32.1. The van der Waals surface area contributed by atoms with Crippen molar-refractivity contribution in [3.63, 3.8) is 0 Å². The number of rotatable bonds is 2. The summed E-state index contributed by atoms with van der Waals surface area (Å²) in [5, 5.41) is 10.8. The Bertz CT molecular complexity index is 1220. The Hall–Kier alpha value is -2.78. The quantitative estimate of drug-likeness (QED) is 0.500. The van der Waals surface area contributed by atoms with Crippen LogP contribution in [0.25, 0.3) is 0 Å². The minimum atomic E-state index is -0.378. The minimum absolute atomic E-state index is 0.0460. The fourth-order valence-electron chi connectivity index (χ4n) is 5.63. The summed E-state index contributed by atoms with van der Waals surface area (Å²) in [6, 6.07) is 8.51.